The molecule has 1 unspecified atom stereocenters. The minimum atomic E-state index is -0.468. The zero-order chi connectivity index (χ0) is 15.4. The molecule has 2 rings (SSSR count). The molecule has 1 atom stereocenters. The first-order chi connectivity index (χ1) is 10.0. The van der Waals surface area contributed by atoms with Gasteiger partial charge < -0.3 is 10.6 Å². The van der Waals surface area contributed by atoms with Gasteiger partial charge in [0.05, 0.1) is 4.92 Å². The highest BCUT2D eigenvalue weighted by molar-refractivity contribution is 5.98. The van der Waals surface area contributed by atoms with E-state index in [9.17, 15) is 14.9 Å². The van der Waals surface area contributed by atoms with Gasteiger partial charge in [0.25, 0.3) is 11.6 Å². The summed E-state index contributed by atoms with van der Waals surface area (Å²) in [5.74, 6) is 0.156. The van der Waals surface area contributed by atoms with Gasteiger partial charge in [-0.05, 0) is 44.7 Å². The quantitative estimate of drug-likeness (QED) is 0.679. The fraction of sp³-hybridized carbons (Fsp3) is 0.533. The molecule has 1 saturated heterocycles. The van der Waals surface area contributed by atoms with E-state index < -0.39 is 4.92 Å². The predicted molar refractivity (Wildman–Crippen MR) is 80.1 cm³/mol. The van der Waals surface area contributed by atoms with Gasteiger partial charge in [-0.3, -0.25) is 14.9 Å². The number of likely N-dealkylation sites (tertiary alicyclic amines) is 1. The number of amides is 1. The van der Waals surface area contributed by atoms with E-state index in [1.807, 2.05) is 0 Å². The number of hydrogen-bond acceptors (Lipinski definition) is 4. The van der Waals surface area contributed by atoms with Gasteiger partial charge in [0, 0.05) is 18.7 Å². The number of rotatable bonds is 4. The lowest BCUT2D eigenvalue weighted by Crippen LogP contribution is -2.40. The lowest BCUT2D eigenvalue weighted by atomic mass is 9.94. The molecule has 0 radical (unpaired) electrons. The topological polar surface area (TPSA) is 89.5 Å². The molecule has 0 aliphatic carbocycles. The second-order valence-electron chi connectivity index (χ2n) is 5.56. The van der Waals surface area contributed by atoms with Crippen molar-refractivity contribution >= 4 is 11.6 Å². The zero-order valence-electron chi connectivity index (χ0n) is 12.2. The van der Waals surface area contributed by atoms with Crippen molar-refractivity contribution in [3.05, 3.63) is 39.4 Å². The molecule has 1 aromatic carbocycles. The van der Waals surface area contributed by atoms with Crippen molar-refractivity contribution in [3.8, 4) is 0 Å². The minimum absolute atomic E-state index is 0.0801. The molecule has 0 spiro atoms. The Kier molecular flexibility index (Phi) is 4.90. The van der Waals surface area contributed by atoms with Crippen LogP contribution in [0.3, 0.4) is 0 Å². The molecule has 1 aromatic rings. The van der Waals surface area contributed by atoms with E-state index in [2.05, 4.69) is 0 Å². The van der Waals surface area contributed by atoms with E-state index in [1.165, 1.54) is 0 Å². The molecule has 6 nitrogen and oxygen atoms in total. The van der Waals surface area contributed by atoms with Gasteiger partial charge in [0.15, 0.2) is 0 Å². The van der Waals surface area contributed by atoms with E-state index in [0.29, 0.717) is 31.1 Å². The first-order valence-corrected chi connectivity index (χ1v) is 7.28. The van der Waals surface area contributed by atoms with Gasteiger partial charge in [-0.1, -0.05) is 12.1 Å². The molecule has 21 heavy (non-hydrogen) atoms. The molecular formula is C15H21N3O3. The summed E-state index contributed by atoms with van der Waals surface area (Å²) in [7, 11) is 0. The second kappa shape index (κ2) is 6.67. The Balaban J connectivity index is 2.24. The normalized spacial score (nSPS) is 18.6. The smallest absolute Gasteiger partial charge is 0.285 e. The third-order valence-corrected chi connectivity index (χ3v) is 4.03. The summed E-state index contributed by atoms with van der Waals surface area (Å²) in [6.07, 6.45) is 2.88. The third-order valence-electron chi connectivity index (χ3n) is 4.03. The summed E-state index contributed by atoms with van der Waals surface area (Å²) in [6, 6.07) is 4.89. The molecule has 0 aromatic heterocycles. The van der Waals surface area contributed by atoms with E-state index in [-0.39, 0.29) is 17.2 Å². The average molecular weight is 291 g/mol. The Morgan fingerprint density at radius 3 is 2.95 bits per heavy atom. The summed E-state index contributed by atoms with van der Waals surface area (Å²) in [6.45, 7) is 3.56. The number of nitro benzene ring substituents is 1. The van der Waals surface area contributed by atoms with Crippen LogP contribution in [0.15, 0.2) is 18.2 Å². The highest BCUT2D eigenvalue weighted by Crippen LogP contribution is 2.27. The lowest BCUT2D eigenvalue weighted by Gasteiger charge is -2.32. The third kappa shape index (κ3) is 3.39. The number of piperidine rings is 1. The fourth-order valence-electron chi connectivity index (χ4n) is 2.97. The molecule has 0 bridgehead atoms. The Hall–Kier alpha value is -1.95. The van der Waals surface area contributed by atoms with Gasteiger partial charge >= 0.3 is 0 Å². The predicted octanol–water partition coefficient (Wildman–Crippen LogP) is 2.10. The van der Waals surface area contributed by atoms with Crippen LogP contribution in [0, 0.1) is 23.0 Å². The number of nitrogens with two attached hydrogens (primary N) is 1. The molecule has 1 amide bonds. The molecule has 1 aliphatic rings. The average Bonchev–Trinajstić information content (AvgIpc) is 2.46. The van der Waals surface area contributed by atoms with Crippen molar-refractivity contribution in [1.82, 2.24) is 4.90 Å². The Morgan fingerprint density at radius 1 is 1.52 bits per heavy atom. The summed E-state index contributed by atoms with van der Waals surface area (Å²) in [4.78, 5) is 25.1. The van der Waals surface area contributed by atoms with E-state index in [1.54, 1.807) is 30.0 Å². The molecule has 1 fully saturated rings. The number of carbonyl (C=O) groups is 1. The maximum Gasteiger partial charge on any atom is 0.285 e. The van der Waals surface area contributed by atoms with Crippen LogP contribution in [0.2, 0.25) is 0 Å². The van der Waals surface area contributed by atoms with Gasteiger partial charge in [-0.25, -0.2) is 0 Å². The van der Waals surface area contributed by atoms with Crippen molar-refractivity contribution in [3.63, 3.8) is 0 Å². The summed E-state index contributed by atoms with van der Waals surface area (Å²) in [5, 5.41) is 11.2. The monoisotopic (exact) mass is 291 g/mol. The van der Waals surface area contributed by atoms with Crippen LogP contribution in [-0.2, 0) is 0 Å². The Morgan fingerprint density at radius 2 is 2.29 bits per heavy atom. The number of nitrogens with zero attached hydrogens (tertiary/aromatic N) is 2. The van der Waals surface area contributed by atoms with E-state index >= 15 is 0 Å². The number of hydrogen-bond donors (Lipinski definition) is 1. The van der Waals surface area contributed by atoms with Crippen molar-refractivity contribution in [2.24, 2.45) is 11.7 Å². The number of nitro groups is 1. The first kappa shape index (κ1) is 15.4. The van der Waals surface area contributed by atoms with Gasteiger partial charge in [0.1, 0.15) is 5.56 Å². The van der Waals surface area contributed by atoms with Crippen molar-refractivity contribution in [2.75, 3.05) is 19.6 Å². The van der Waals surface area contributed by atoms with Crippen LogP contribution in [0.5, 0.6) is 0 Å². The van der Waals surface area contributed by atoms with Gasteiger partial charge in [-0.15, -0.1) is 0 Å². The molecule has 2 N–H and O–H groups in total. The van der Waals surface area contributed by atoms with Crippen LogP contribution in [-0.4, -0.2) is 35.4 Å². The number of carbonyl (C=O) groups excluding carboxylic acids is 1. The molecule has 1 aliphatic heterocycles. The van der Waals surface area contributed by atoms with Gasteiger partial charge in [0.2, 0.25) is 0 Å². The lowest BCUT2D eigenvalue weighted by molar-refractivity contribution is -0.385. The summed E-state index contributed by atoms with van der Waals surface area (Å²) < 4.78 is 0. The van der Waals surface area contributed by atoms with Crippen LogP contribution in [0.25, 0.3) is 0 Å². The largest absolute Gasteiger partial charge is 0.338 e. The van der Waals surface area contributed by atoms with E-state index in [0.717, 1.165) is 19.3 Å². The SMILES string of the molecule is Cc1cccc(C(=O)N2CCCC(CCN)C2)c1[N+](=O)[O-]. The number of aryl methyl sites for hydroxylation is 1. The van der Waals surface area contributed by atoms with Crippen LogP contribution >= 0.6 is 0 Å². The second-order valence-corrected chi connectivity index (χ2v) is 5.56. The van der Waals surface area contributed by atoms with Crippen LogP contribution < -0.4 is 5.73 Å². The van der Waals surface area contributed by atoms with Crippen LogP contribution in [0.1, 0.15) is 35.2 Å². The standard InChI is InChI=1S/C15H21N3O3/c1-11-4-2-6-13(14(11)18(20)21)15(19)17-9-3-5-12(10-17)7-8-16/h2,4,6,12H,3,5,7-10,16H2,1H3. The zero-order valence-corrected chi connectivity index (χ0v) is 12.2. The highest BCUT2D eigenvalue weighted by atomic mass is 16.6. The van der Waals surface area contributed by atoms with Crippen molar-refractivity contribution in [2.45, 2.75) is 26.2 Å². The Labute approximate surface area is 124 Å². The Bertz CT molecular complexity index is 543. The highest BCUT2D eigenvalue weighted by Gasteiger charge is 2.29. The van der Waals surface area contributed by atoms with Crippen molar-refractivity contribution in [1.29, 1.82) is 0 Å². The maximum absolute atomic E-state index is 12.6. The minimum Gasteiger partial charge on any atom is -0.338 e. The molecule has 0 saturated carbocycles. The fourth-order valence-corrected chi connectivity index (χ4v) is 2.97. The van der Waals surface area contributed by atoms with Crippen LogP contribution in [0.4, 0.5) is 5.69 Å². The van der Waals surface area contributed by atoms with Crippen molar-refractivity contribution < 1.29 is 9.72 Å². The van der Waals surface area contributed by atoms with Gasteiger partial charge in [-0.2, -0.15) is 0 Å². The van der Waals surface area contributed by atoms with E-state index in [4.69, 9.17) is 5.73 Å². The summed E-state index contributed by atoms with van der Waals surface area (Å²) in [5.41, 5.74) is 6.21. The molecule has 1 heterocycles. The molecule has 114 valence electrons. The first-order valence-electron chi connectivity index (χ1n) is 7.28. The summed E-state index contributed by atoms with van der Waals surface area (Å²) >= 11 is 0. The maximum atomic E-state index is 12.6. The number of para-hydroxylation sites is 1. The molecule has 6 heteroatoms. The molecular weight excluding hydrogens is 270 g/mol. The number of benzene rings is 1.